The number of unbranched alkanes of at least 4 members (excludes halogenated alkanes) is 4. The molecule has 7 unspecified atom stereocenters. The second kappa shape index (κ2) is 28.6. The van der Waals surface area contributed by atoms with Gasteiger partial charge < -0.3 is 40.3 Å². The number of aliphatic hydroxyl groups is 5. The maximum absolute atomic E-state index is 12.7. The SMILES string of the molecule is CC/C=C\C/C=C\C/C=C\C/C=C\C/C=C\C/C=C\CCCCC(=O)NC(COC1OC(CO)C(O)C(O)C1O)C(O)CCCCC. The summed E-state index contributed by atoms with van der Waals surface area (Å²) in [5, 5.41) is 53.3. The van der Waals surface area contributed by atoms with Crippen molar-refractivity contribution < 1.29 is 39.8 Å². The Morgan fingerprint density at radius 2 is 1.30 bits per heavy atom. The smallest absolute Gasteiger partial charge is 0.220 e. The van der Waals surface area contributed by atoms with Crippen LogP contribution in [0.15, 0.2) is 72.9 Å². The van der Waals surface area contributed by atoms with Crippen LogP contribution in [0, 0.1) is 0 Å². The lowest BCUT2D eigenvalue weighted by Crippen LogP contribution is -2.60. The van der Waals surface area contributed by atoms with Gasteiger partial charge in [0.05, 0.1) is 25.4 Å². The van der Waals surface area contributed by atoms with E-state index in [9.17, 15) is 30.3 Å². The van der Waals surface area contributed by atoms with E-state index in [1.807, 2.05) is 0 Å². The lowest BCUT2D eigenvalue weighted by atomic mass is 9.99. The molecule has 6 N–H and O–H groups in total. The van der Waals surface area contributed by atoms with Gasteiger partial charge in [0.2, 0.25) is 5.91 Å². The van der Waals surface area contributed by atoms with E-state index in [1.165, 1.54) is 0 Å². The zero-order valence-electron chi connectivity index (χ0n) is 28.7. The van der Waals surface area contributed by atoms with E-state index in [2.05, 4.69) is 92.1 Å². The third-order valence-corrected chi connectivity index (χ3v) is 7.82. The molecule has 1 aliphatic heterocycles. The molecule has 0 bridgehead atoms. The number of carbonyl (C=O) groups excluding carboxylic acids is 1. The quantitative estimate of drug-likeness (QED) is 0.0527. The van der Waals surface area contributed by atoms with Crippen LogP contribution < -0.4 is 5.32 Å². The van der Waals surface area contributed by atoms with Crippen LogP contribution in [-0.4, -0.2) is 87.5 Å². The Morgan fingerprint density at radius 3 is 1.83 bits per heavy atom. The maximum atomic E-state index is 12.7. The van der Waals surface area contributed by atoms with Crippen molar-refractivity contribution in [2.24, 2.45) is 0 Å². The van der Waals surface area contributed by atoms with Crippen molar-refractivity contribution in [3.63, 3.8) is 0 Å². The van der Waals surface area contributed by atoms with Crippen LogP contribution in [-0.2, 0) is 14.3 Å². The highest BCUT2D eigenvalue weighted by Gasteiger charge is 2.44. The summed E-state index contributed by atoms with van der Waals surface area (Å²) in [4.78, 5) is 12.7. The topological polar surface area (TPSA) is 149 Å². The lowest BCUT2D eigenvalue weighted by Gasteiger charge is -2.40. The van der Waals surface area contributed by atoms with Gasteiger partial charge in [0.1, 0.15) is 24.4 Å². The average Bonchev–Trinajstić information content (AvgIpc) is 3.07. The van der Waals surface area contributed by atoms with Gasteiger partial charge in [-0.2, -0.15) is 0 Å². The molecule has 1 aliphatic rings. The van der Waals surface area contributed by atoms with Crippen molar-refractivity contribution in [2.45, 2.75) is 147 Å². The van der Waals surface area contributed by atoms with Gasteiger partial charge in [-0.25, -0.2) is 0 Å². The van der Waals surface area contributed by atoms with E-state index in [1.54, 1.807) is 0 Å². The average molecular weight is 662 g/mol. The molecule has 268 valence electrons. The van der Waals surface area contributed by atoms with Crippen molar-refractivity contribution >= 4 is 5.91 Å². The first-order chi connectivity index (χ1) is 22.8. The minimum absolute atomic E-state index is 0.166. The molecule has 0 aromatic carbocycles. The van der Waals surface area contributed by atoms with E-state index < -0.39 is 49.5 Å². The normalized spacial score (nSPS) is 23.8. The molecule has 47 heavy (non-hydrogen) atoms. The molecule has 1 rings (SSSR count). The Hall–Kier alpha value is -2.37. The van der Waals surface area contributed by atoms with Crippen LogP contribution in [0.2, 0.25) is 0 Å². The highest BCUT2D eigenvalue weighted by molar-refractivity contribution is 5.76. The van der Waals surface area contributed by atoms with Crippen LogP contribution in [0.5, 0.6) is 0 Å². The summed E-state index contributed by atoms with van der Waals surface area (Å²) < 4.78 is 11.0. The molecule has 1 amide bonds. The zero-order valence-corrected chi connectivity index (χ0v) is 28.7. The molecule has 9 nitrogen and oxygen atoms in total. The van der Waals surface area contributed by atoms with Gasteiger partial charge in [0.15, 0.2) is 6.29 Å². The number of ether oxygens (including phenoxy) is 2. The number of hydrogen-bond acceptors (Lipinski definition) is 8. The van der Waals surface area contributed by atoms with E-state index in [-0.39, 0.29) is 12.5 Å². The summed E-state index contributed by atoms with van der Waals surface area (Å²) in [6.07, 6.45) is 30.0. The van der Waals surface area contributed by atoms with Gasteiger partial charge in [-0.1, -0.05) is 106 Å². The van der Waals surface area contributed by atoms with Gasteiger partial charge in [-0.05, 0) is 64.2 Å². The van der Waals surface area contributed by atoms with Gasteiger partial charge in [-0.15, -0.1) is 0 Å². The molecule has 1 heterocycles. The van der Waals surface area contributed by atoms with Gasteiger partial charge in [-0.3, -0.25) is 4.79 Å². The Bertz CT molecular complexity index is 957. The fraction of sp³-hybridized carbons (Fsp3) is 0.658. The van der Waals surface area contributed by atoms with Crippen LogP contribution in [0.25, 0.3) is 0 Å². The van der Waals surface area contributed by atoms with E-state index >= 15 is 0 Å². The highest BCUT2D eigenvalue weighted by atomic mass is 16.7. The second-order valence-electron chi connectivity index (χ2n) is 11.9. The van der Waals surface area contributed by atoms with Crippen molar-refractivity contribution in [2.75, 3.05) is 13.2 Å². The molecule has 9 heteroatoms. The third kappa shape index (κ3) is 20.6. The number of nitrogens with one attached hydrogen (secondary N) is 1. The highest BCUT2D eigenvalue weighted by Crippen LogP contribution is 2.22. The van der Waals surface area contributed by atoms with Gasteiger partial charge in [0.25, 0.3) is 0 Å². The summed E-state index contributed by atoms with van der Waals surface area (Å²) in [6.45, 7) is 3.47. The van der Waals surface area contributed by atoms with Crippen molar-refractivity contribution in [1.29, 1.82) is 0 Å². The predicted molar refractivity (Wildman–Crippen MR) is 188 cm³/mol. The standard InChI is InChI=1S/C38H63NO8/c1-3-5-7-8-9-10-11-12-13-14-15-16-17-18-19-20-21-22-23-24-26-28-34(42)39-31(32(41)27-25-6-4-2)30-46-38-37(45)36(44)35(43)33(29-40)47-38/h5,7,9-10,12-13,15-16,18-19,21-22,31-33,35-38,40-41,43-45H,3-4,6,8,11,14,17,20,23-30H2,1-2H3,(H,39,42)/b7-5-,10-9-,13-12-,16-15-,19-18-,22-21-. The summed E-state index contributed by atoms with van der Waals surface area (Å²) in [5.41, 5.74) is 0. The molecule has 0 aromatic heterocycles. The molecule has 0 aromatic rings. The largest absolute Gasteiger partial charge is 0.394 e. The molecule has 0 spiro atoms. The predicted octanol–water partition coefficient (Wildman–Crippen LogP) is 5.49. The molecule has 1 saturated heterocycles. The molecular weight excluding hydrogens is 598 g/mol. The molecule has 1 fully saturated rings. The maximum Gasteiger partial charge on any atom is 0.220 e. The second-order valence-corrected chi connectivity index (χ2v) is 11.9. The number of amides is 1. The first kappa shape index (κ1) is 42.7. The Balaban J connectivity index is 2.30. The molecular formula is C38H63NO8. The van der Waals surface area contributed by atoms with Crippen molar-refractivity contribution in [3.05, 3.63) is 72.9 Å². The molecule has 7 atom stereocenters. The zero-order chi connectivity index (χ0) is 34.5. The molecule has 0 aliphatic carbocycles. The summed E-state index contributed by atoms with van der Waals surface area (Å²) in [6, 6.07) is -0.741. The van der Waals surface area contributed by atoms with Crippen molar-refractivity contribution in [3.8, 4) is 0 Å². The first-order valence-corrected chi connectivity index (χ1v) is 17.6. The number of allylic oxidation sites excluding steroid dienone is 12. The number of aliphatic hydroxyl groups excluding tert-OH is 5. The summed E-state index contributed by atoms with van der Waals surface area (Å²) >= 11 is 0. The van der Waals surface area contributed by atoms with Crippen LogP contribution >= 0.6 is 0 Å². The van der Waals surface area contributed by atoms with E-state index in [0.717, 1.165) is 70.6 Å². The summed E-state index contributed by atoms with van der Waals surface area (Å²) in [5.74, 6) is -0.204. The molecule has 0 saturated carbocycles. The van der Waals surface area contributed by atoms with Gasteiger partial charge >= 0.3 is 0 Å². The number of hydrogen-bond donors (Lipinski definition) is 6. The fourth-order valence-electron chi connectivity index (χ4n) is 4.92. The number of carbonyl (C=O) groups is 1. The monoisotopic (exact) mass is 661 g/mol. The minimum Gasteiger partial charge on any atom is -0.394 e. The minimum atomic E-state index is -1.56. The van der Waals surface area contributed by atoms with E-state index in [0.29, 0.717) is 19.3 Å². The number of rotatable bonds is 26. The summed E-state index contributed by atoms with van der Waals surface area (Å²) in [7, 11) is 0. The lowest BCUT2D eigenvalue weighted by molar-refractivity contribution is -0.302. The Morgan fingerprint density at radius 1 is 0.745 bits per heavy atom. The first-order valence-electron chi connectivity index (χ1n) is 17.6. The van der Waals surface area contributed by atoms with Crippen LogP contribution in [0.3, 0.4) is 0 Å². The van der Waals surface area contributed by atoms with Crippen LogP contribution in [0.4, 0.5) is 0 Å². The van der Waals surface area contributed by atoms with Gasteiger partial charge in [0, 0.05) is 6.42 Å². The Labute approximate surface area is 283 Å². The van der Waals surface area contributed by atoms with Crippen molar-refractivity contribution in [1.82, 2.24) is 5.32 Å². The molecule has 0 radical (unpaired) electrons. The Kier molecular flexibility index (Phi) is 26.0. The van der Waals surface area contributed by atoms with Crippen LogP contribution in [0.1, 0.15) is 104 Å². The fourth-order valence-corrected chi connectivity index (χ4v) is 4.92. The van der Waals surface area contributed by atoms with E-state index in [4.69, 9.17) is 9.47 Å². The third-order valence-electron chi connectivity index (χ3n) is 7.82.